The van der Waals surface area contributed by atoms with Gasteiger partial charge in [0.2, 0.25) is 0 Å². The number of benzene rings is 2. The van der Waals surface area contributed by atoms with Crippen molar-refractivity contribution in [3.05, 3.63) is 77.6 Å². The molecule has 1 aliphatic rings. The molecule has 2 aromatic carbocycles. The van der Waals surface area contributed by atoms with E-state index in [4.69, 9.17) is 4.84 Å². The first-order valence-corrected chi connectivity index (χ1v) is 7.91. The Hall–Kier alpha value is -2.46. The monoisotopic (exact) mass is 325 g/mol. The second-order valence-corrected chi connectivity index (χ2v) is 6.52. The van der Waals surface area contributed by atoms with Crippen LogP contribution in [0.25, 0.3) is 5.70 Å². The molecule has 4 heteroatoms. The molecule has 0 radical (unpaired) electrons. The summed E-state index contributed by atoms with van der Waals surface area (Å²) >= 11 is 0. The van der Waals surface area contributed by atoms with Crippen molar-refractivity contribution in [2.45, 2.75) is 26.5 Å². The quantitative estimate of drug-likeness (QED) is 0.771. The summed E-state index contributed by atoms with van der Waals surface area (Å²) < 4.78 is 13.2. The maximum absolute atomic E-state index is 13.2. The van der Waals surface area contributed by atoms with Crippen LogP contribution in [-0.4, -0.2) is 17.4 Å². The van der Waals surface area contributed by atoms with E-state index in [-0.39, 0.29) is 11.2 Å². The Morgan fingerprint density at radius 1 is 1.12 bits per heavy atom. The van der Waals surface area contributed by atoms with Crippen LogP contribution in [0.1, 0.15) is 25.0 Å². The highest BCUT2D eigenvalue weighted by Gasteiger charge is 2.41. The maximum atomic E-state index is 13.2. The Bertz CT molecular complexity index is 738. The minimum atomic E-state index is -0.429. The lowest BCUT2D eigenvalue weighted by molar-refractivity contribution is -0.161. The Morgan fingerprint density at radius 3 is 2.42 bits per heavy atom. The Labute approximate surface area is 141 Å². The van der Waals surface area contributed by atoms with Gasteiger partial charge in [0.05, 0.1) is 12.3 Å². The van der Waals surface area contributed by atoms with Crippen LogP contribution in [0, 0.1) is 11.2 Å². The van der Waals surface area contributed by atoms with E-state index in [2.05, 4.69) is 0 Å². The SMILES string of the molecule is CC1(C)C=C(c2ccc(F)cc2)N(OCc2ccccc2)C1C=O. The van der Waals surface area contributed by atoms with Gasteiger partial charge < -0.3 is 4.79 Å². The van der Waals surface area contributed by atoms with Gasteiger partial charge in [0.25, 0.3) is 0 Å². The van der Waals surface area contributed by atoms with E-state index in [0.717, 1.165) is 23.1 Å². The summed E-state index contributed by atoms with van der Waals surface area (Å²) in [6, 6.07) is 15.6. The van der Waals surface area contributed by atoms with E-state index in [1.165, 1.54) is 12.1 Å². The molecule has 0 bridgehead atoms. The van der Waals surface area contributed by atoms with Gasteiger partial charge in [-0.3, -0.25) is 4.84 Å². The number of hydrogen-bond acceptors (Lipinski definition) is 3. The zero-order valence-corrected chi connectivity index (χ0v) is 13.8. The van der Waals surface area contributed by atoms with Gasteiger partial charge in [0, 0.05) is 11.0 Å². The molecule has 3 rings (SSSR count). The van der Waals surface area contributed by atoms with Gasteiger partial charge in [-0.1, -0.05) is 44.2 Å². The van der Waals surface area contributed by atoms with Crippen LogP contribution >= 0.6 is 0 Å². The molecule has 1 atom stereocenters. The molecule has 0 spiro atoms. The van der Waals surface area contributed by atoms with Crippen molar-refractivity contribution in [3.8, 4) is 0 Å². The smallest absolute Gasteiger partial charge is 0.145 e. The Kier molecular flexibility index (Phi) is 4.49. The van der Waals surface area contributed by atoms with Crippen molar-refractivity contribution in [1.29, 1.82) is 0 Å². The van der Waals surface area contributed by atoms with E-state index in [1.807, 2.05) is 50.3 Å². The first kappa shape index (κ1) is 16.4. The lowest BCUT2D eigenvalue weighted by Crippen LogP contribution is -2.39. The summed E-state index contributed by atoms with van der Waals surface area (Å²) in [4.78, 5) is 17.6. The van der Waals surface area contributed by atoms with E-state index < -0.39 is 6.04 Å². The topological polar surface area (TPSA) is 29.5 Å². The minimum Gasteiger partial charge on any atom is -0.301 e. The predicted molar refractivity (Wildman–Crippen MR) is 91.1 cm³/mol. The standard InChI is InChI=1S/C20H20FNO2/c1-20(2)12-18(16-8-10-17(21)11-9-16)22(19(20)13-23)24-14-15-6-4-3-5-7-15/h3-13,19H,14H2,1-2H3. The molecule has 0 fully saturated rings. The number of hydrogen-bond donors (Lipinski definition) is 0. The average Bonchev–Trinajstić information content (AvgIpc) is 2.84. The molecule has 0 aliphatic carbocycles. The molecule has 1 aliphatic heterocycles. The molecule has 0 aromatic heterocycles. The van der Waals surface area contributed by atoms with Crippen LogP contribution in [0.5, 0.6) is 0 Å². The molecule has 0 saturated heterocycles. The maximum Gasteiger partial charge on any atom is 0.145 e. The summed E-state index contributed by atoms with van der Waals surface area (Å²) in [5.74, 6) is -0.291. The van der Waals surface area contributed by atoms with Crippen molar-refractivity contribution in [3.63, 3.8) is 0 Å². The van der Waals surface area contributed by atoms with Gasteiger partial charge >= 0.3 is 0 Å². The third-order valence-electron chi connectivity index (χ3n) is 4.24. The van der Waals surface area contributed by atoms with Crippen molar-refractivity contribution in [2.75, 3.05) is 0 Å². The van der Waals surface area contributed by atoms with Gasteiger partial charge in [-0.15, -0.1) is 0 Å². The highest BCUT2D eigenvalue weighted by molar-refractivity contribution is 5.74. The molecule has 0 N–H and O–H groups in total. The lowest BCUT2D eigenvalue weighted by Gasteiger charge is -2.30. The molecule has 124 valence electrons. The molecule has 1 unspecified atom stereocenters. The number of aldehydes is 1. The number of rotatable bonds is 5. The van der Waals surface area contributed by atoms with Crippen LogP contribution in [0.2, 0.25) is 0 Å². The fourth-order valence-electron chi connectivity index (χ4n) is 2.88. The molecule has 0 saturated carbocycles. The lowest BCUT2D eigenvalue weighted by atomic mass is 9.87. The Balaban J connectivity index is 1.88. The molecular weight excluding hydrogens is 305 g/mol. The van der Waals surface area contributed by atoms with Crippen molar-refractivity contribution < 1.29 is 14.0 Å². The molecule has 1 heterocycles. The molecule has 0 amide bonds. The van der Waals surface area contributed by atoms with Crippen LogP contribution < -0.4 is 0 Å². The highest BCUT2D eigenvalue weighted by Crippen LogP contribution is 2.41. The number of carbonyl (C=O) groups excluding carboxylic acids is 1. The van der Waals surface area contributed by atoms with Gasteiger partial charge in [0.15, 0.2) is 0 Å². The largest absolute Gasteiger partial charge is 0.301 e. The van der Waals surface area contributed by atoms with E-state index >= 15 is 0 Å². The van der Waals surface area contributed by atoms with Crippen LogP contribution in [-0.2, 0) is 16.2 Å². The number of hydroxylamine groups is 2. The fraction of sp³-hybridized carbons (Fsp3) is 0.250. The minimum absolute atomic E-state index is 0.291. The number of carbonyl (C=O) groups is 1. The van der Waals surface area contributed by atoms with Gasteiger partial charge in [-0.05, 0) is 35.9 Å². The van der Waals surface area contributed by atoms with Gasteiger partial charge in [-0.2, -0.15) is 0 Å². The van der Waals surface area contributed by atoms with Gasteiger partial charge in [0.1, 0.15) is 18.1 Å². The summed E-state index contributed by atoms with van der Waals surface area (Å²) in [5, 5.41) is 1.65. The first-order chi connectivity index (χ1) is 11.5. The second-order valence-electron chi connectivity index (χ2n) is 6.52. The zero-order chi connectivity index (χ0) is 17.2. The van der Waals surface area contributed by atoms with Crippen molar-refractivity contribution in [2.24, 2.45) is 5.41 Å². The third kappa shape index (κ3) is 3.24. The van der Waals surface area contributed by atoms with Crippen molar-refractivity contribution in [1.82, 2.24) is 5.06 Å². The molecule has 3 nitrogen and oxygen atoms in total. The van der Waals surface area contributed by atoms with Crippen LogP contribution in [0.15, 0.2) is 60.7 Å². The summed E-state index contributed by atoms with van der Waals surface area (Å²) in [6.07, 6.45) is 2.91. The molecule has 2 aromatic rings. The zero-order valence-electron chi connectivity index (χ0n) is 13.8. The summed E-state index contributed by atoms with van der Waals surface area (Å²) in [5.41, 5.74) is 2.25. The molecule has 24 heavy (non-hydrogen) atoms. The predicted octanol–water partition coefficient (Wildman–Crippen LogP) is 4.21. The Morgan fingerprint density at radius 2 is 1.79 bits per heavy atom. The van der Waals surface area contributed by atoms with Crippen molar-refractivity contribution >= 4 is 12.0 Å². The normalized spacial score (nSPS) is 19.2. The van der Waals surface area contributed by atoms with Crippen LogP contribution in [0.4, 0.5) is 4.39 Å². The summed E-state index contributed by atoms with van der Waals surface area (Å²) in [6.45, 7) is 4.34. The number of halogens is 1. The fourth-order valence-corrected chi connectivity index (χ4v) is 2.88. The molecular formula is C20H20FNO2. The second kappa shape index (κ2) is 6.57. The first-order valence-electron chi connectivity index (χ1n) is 7.91. The van der Waals surface area contributed by atoms with E-state index in [0.29, 0.717) is 6.61 Å². The van der Waals surface area contributed by atoms with E-state index in [9.17, 15) is 9.18 Å². The third-order valence-corrected chi connectivity index (χ3v) is 4.24. The average molecular weight is 325 g/mol. The number of nitrogens with zero attached hydrogens (tertiary/aromatic N) is 1. The van der Waals surface area contributed by atoms with E-state index in [1.54, 1.807) is 17.2 Å². The summed E-state index contributed by atoms with van der Waals surface area (Å²) in [7, 11) is 0. The van der Waals surface area contributed by atoms with Crippen LogP contribution in [0.3, 0.4) is 0 Å². The van der Waals surface area contributed by atoms with Gasteiger partial charge in [-0.25, -0.2) is 9.45 Å². The highest BCUT2D eigenvalue weighted by atomic mass is 19.1.